The molecule has 0 saturated heterocycles. The van der Waals surface area contributed by atoms with Gasteiger partial charge < -0.3 is 5.73 Å². The lowest BCUT2D eigenvalue weighted by molar-refractivity contribution is -0.116. The first kappa shape index (κ1) is 16.2. The van der Waals surface area contributed by atoms with Gasteiger partial charge in [0.2, 0.25) is 11.9 Å². The van der Waals surface area contributed by atoms with Crippen LogP contribution in [0, 0.1) is 0 Å². The van der Waals surface area contributed by atoms with Crippen molar-refractivity contribution in [3.63, 3.8) is 0 Å². The highest BCUT2D eigenvalue weighted by molar-refractivity contribution is 5.89. The molecule has 1 aromatic heterocycles. The number of nitrogens with zero attached hydrogens (tertiary/aromatic N) is 2. The summed E-state index contributed by atoms with van der Waals surface area (Å²) in [5.41, 5.74) is 7.68. The number of rotatable bonds is 5. The average Bonchev–Trinajstić information content (AvgIpc) is 2.93. The first-order valence-electron chi connectivity index (χ1n) is 7.43. The van der Waals surface area contributed by atoms with E-state index in [-0.39, 0.29) is 17.3 Å². The number of aromatic nitrogens is 3. The summed E-state index contributed by atoms with van der Waals surface area (Å²) in [5, 5.41) is 9.51. The number of benzene rings is 1. The minimum atomic E-state index is -0.126. The van der Waals surface area contributed by atoms with E-state index in [1.54, 1.807) is 0 Å². The number of carbonyl (C=O) groups excluding carboxylic acids is 1. The van der Waals surface area contributed by atoms with Gasteiger partial charge in [0, 0.05) is 12.0 Å². The minimum absolute atomic E-state index is 0.113. The Morgan fingerprint density at radius 3 is 2.55 bits per heavy atom. The molecule has 0 spiro atoms. The quantitative estimate of drug-likeness (QED) is 0.790. The molecule has 0 radical (unpaired) electrons. The predicted molar refractivity (Wildman–Crippen MR) is 87.4 cm³/mol. The molecule has 2 rings (SSSR count). The van der Waals surface area contributed by atoms with Crippen molar-refractivity contribution in [2.45, 2.75) is 39.0 Å². The van der Waals surface area contributed by atoms with Crippen molar-refractivity contribution < 1.29 is 4.79 Å². The molecule has 0 saturated carbocycles. The van der Waals surface area contributed by atoms with E-state index in [9.17, 15) is 4.79 Å². The van der Waals surface area contributed by atoms with Crippen LogP contribution in [-0.2, 0) is 10.2 Å². The molecule has 0 aliphatic carbocycles. The molecule has 6 nitrogen and oxygen atoms in total. The smallest absolute Gasteiger partial charge is 0.249 e. The molecule has 4 N–H and O–H groups in total. The number of amides is 1. The number of carbonyl (C=O) groups is 1. The standard InChI is InChI=1S/C16H23N5O/c1-16(2,3)12-8-6-11(7-9-12)14-19-15(21-20-14)18-13(22)5-4-10-17/h6-9H,4-5,10,17H2,1-3H3,(H2,18,19,20,21,22). The van der Waals surface area contributed by atoms with Crippen LogP contribution in [0.4, 0.5) is 5.95 Å². The van der Waals surface area contributed by atoms with Gasteiger partial charge in [0.15, 0.2) is 5.82 Å². The van der Waals surface area contributed by atoms with Crippen molar-refractivity contribution >= 4 is 11.9 Å². The van der Waals surface area contributed by atoms with Crippen LogP contribution in [0.1, 0.15) is 39.2 Å². The van der Waals surface area contributed by atoms with Gasteiger partial charge >= 0.3 is 0 Å². The van der Waals surface area contributed by atoms with Crippen LogP contribution in [0.15, 0.2) is 24.3 Å². The van der Waals surface area contributed by atoms with E-state index in [1.807, 2.05) is 12.1 Å². The van der Waals surface area contributed by atoms with Crippen molar-refractivity contribution in [3.8, 4) is 11.4 Å². The third-order valence-corrected chi connectivity index (χ3v) is 3.37. The molecule has 22 heavy (non-hydrogen) atoms. The molecule has 1 aromatic carbocycles. The minimum Gasteiger partial charge on any atom is -0.330 e. The molecule has 1 amide bonds. The number of aromatic amines is 1. The van der Waals surface area contributed by atoms with Gasteiger partial charge in [-0.2, -0.15) is 4.98 Å². The molecule has 2 aromatic rings. The fourth-order valence-electron chi connectivity index (χ4n) is 2.02. The van der Waals surface area contributed by atoms with Gasteiger partial charge in [-0.3, -0.25) is 15.2 Å². The van der Waals surface area contributed by atoms with E-state index in [0.29, 0.717) is 25.2 Å². The molecular formula is C16H23N5O. The van der Waals surface area contributed by atoms with E-state index >= 15 is 0 Å². The lowest BCUT2D eigenvalue weighted by Crippen LogP contribution is -2.14. The second-order valence-corrected chi connectivity index (χ2v) is 6.28. The van der Waals surface area contributed by atoms with Gasteiger partial charge in [0.25, 0.3) is 0 Å². The molecule has 6 heteroatoms. The number of H-pyrrole nitrogens is 1. The predicted octanol–water partition coefficient (Wildman–Crippen LogP) is 2.45. The maximum atomic E-state index is 11.6. The van der Waals surface area contributed by atoms with Crippen LogP contribution in [0.2, 0.25) is 0 Å². The van der Waals surface area contributed by atoms with Crippen LogP contribution in [0.25, 0.3) is 11.4 Å². The molecule has 0 aliphatic heterocycles. The zero-order valence-corrected chi connectivity index (χ0v) is 13.3. The lowest BCUT2D eigenvalue weighted by atomic mass is 9.87. The molecule has 0 unspecified atom stereocenters. The summed E-state index contributed by atoms with van der Waals surface area (Å²) in [5.74, 6) is 0.797. The van der Waals surface area contributed by atoms with Crippen LogP contribution >= 0.6 is 0 Å². The molecule has 118 valence electrons. The Morgan fingerprint density at radius 1 is 1.27 bits per heavy atom. The maximum Gasteiger partial charge on any atom is 0.249 e. The number of hydrogen-bond acceptors (Lipinski definition) is 4. The fraction of sp³-hybridized carbons (Fsp3) is 0.438. The van der Waals surface area contributed by atoms with Gasteiger partial charge in [-0.15, -0.1) is 5.10 Å². The first-order valence-corrected chi connectivity index (χ1v) is 7.43. The second kappa shape index (κ2) is 6.70. The average molecular weight is 301 g/mol. The summed E-state index contributed by atoms with van der Waals surface area (Å²) >= 11 is 0. The molecule has 0 bridgehead atoms. The number of hydrogen-bond donors (Lipinski definition) is 3. The van der Waals surface area contributed by atoms with Crippen LogP contribution < -0.4 is 11.1 Å². The van der Waals surface area contributed by atoms with E-state index in [4.69, 9.17) is 5.73 Å². The summed E-state index contributed by atoms with van der Waals surface area (Å²) in [6.07, 6.45) is 1.03. The highest BCUT2D eigenvalue weighted by Crippen LogP contribution is 2.24. The van der Waals surface area contributed by atoms with Crippen LogP contribution in [0.5, 0.6) is 0 Å². The number of nitrogens with one attached hydrogen (secondary N) is 2. The van der Waals surface area contributed by atoms with E-state index in [1.165, 1.54) is 5.56 Å². The van der Waals surface area contributed by atoms with Crippen LogP contribution in [-0.4, -0.2) is 27.6 Å². The third kappa shape index (κ3) is 4.14. The fourth-order valence-corrected chi connectivity index (χ4v) is 2.02. The second-order valence-electron chi connectivity index (χ2n) is 6.28. The molecule has 0 aliphatic rings. The van der Waals surface area contributed by atoms with Crippen molar-refractivity contribution in [3.05, 3.63) is 29.8 Å². The Hall–Kier alpha value is -2.21. The summed E-state index contributed by atoms with van der Waals surface area (Å²) in [6.45, 7) is 7.01. The normalized spacial score (nSPS) is 11.5. The highest BCUT2D eigenvalue weighted by atomic mass is 16.1. The van der Waals surface area contributed by atoms with Gasteiger partial charge in [0.1, 0.15) is 0 Å². The van der Waals surface area contributed by atoms with E-state index < -0.39 is 0 Å². The van der Waals surface area contributed by atoms with Gasteiger partial charge in [-0.05, 0) is 23.9 Å². The van der Waals surface area contributed by atoms with Crippen molar-refractivity contribution in [2.75, 3.05) is 11.9 Å². The molecule has 0 fully saturated rings. The van der Waals surface area contributed by atoms with E-state index in [2.05, 4.69) is 53.4 Å². The van der Waals surface area contributed by atoms with Crippen LogP contribution in [0.3, 0.4) is 0 Å². The summed E-state index contributed by atoms with van der Waals surface area (Å²) in [7, 11) is 0. The van der Waals surface area contributed by atoms with Crippen molar-refractivity contribution in [1.82, 2.24) is 15.2 Å². The first-order chi connectivity index (χ1) is 10.4. The van der Waals surface area contributed by atoms with Crippen molar-refractivity contribution in [1.29, 1.82) is 0 Å². The summed E-state index contributed by atoms with van der Waals surface area (Å²) in [4.78, 5) is 15.9. The summed E-state index contributed by atoms with van der Waals surface area (Å²) in [6, 6.07) is 8.16. The Morgan fingerprint density at radius 2 is 1.95 bits per heavy atom. The third-order valence-electron chi connectivity index (χ3n) is 3.37. The maximum absolute atomic E-state index is 11.6. The Balaban J connectivity index is 2.06. The van der Waals surface area contributed by atoms with Gasteiger partial charge in [-0.1, -0.05) is 45.0 Å². The molecule has 1 heterocycles. The largest absolute Gasteiger partial charge is 0.330 e. The Labute approximate surface area is 130 Å². The molecular weight excluding hydrogens is 278 g/mol. The van der Waals surface area contributed by atoms with Crippen molar-refractivity contribution in [2.24, 2.45) is 5.73 Å². The van der Waals surface area contributed by atoms with Gasteiger partial charge in [-0.25, -0.2) is 0 Å². The Kier molecular flexibility index (Phi) is 4.92. The monoisotopic (exact) mass is 301 g/mol. The Bertz CT molecular complexity index is 625. The highest BCUT2D eigenvalue weighted by Gasteiger charge is 2.14. The van der Waals surface area contributed by atoms with E-state index in [0.717, 1.165) is 5.56 Å². The number of nitrogens with two attached hydrogens (primary N) is 1. The van der Waals surface area contributed by atoms with Gasteiger partial charge in [0.05, 0.1) is 0 Å². The zero-order valence-electron chi connectivity index (χ0n) is 13.3. The number of anilines is 1. The zero-order chi connectivity index (χ0) is 16.2. The topological polar surface area (TPSA) is 96.7 Å². The summed E-state index contributed by atoms with van der Waals surface area (Å²) < 4.78 is 0. The SMILES string of the molecule is CC(C)(C)c1ccc(-c2nc(NC(=O)CCCN)n[nH]2)cc1. The molecule has 0 atom stereocenters. The lowest BCUT2D eigenvalue weighted by Gasteiger charge is -2.18.